The highest BCUT2D eigenvalue weighted by Gasteiger charge is 2.30. The van der Waals surface area contributed by atoms with Crippen LogP contribution in [0.5, 0.6) is 0 Å². The first-order chi connectivity index (χ1) is 15.0. The maximum absolute atomic E-state index is 13.3. The lowest BCUT2D eigenvalue weighted by molar-refractivity contribution is -0.139. The summed E-state index contributed by atoms with van der Waals surface area (Å²) in [6.07, 6.45) is 0.998. The molecule has 2 aromatic rings. The average Bonchev–Trinajstić information content (AvgIpc) is 2.72. The van der Waals surface area contributed by atoms with Gasteiger partial charge in [-0.15, -0.1) is 0 Å². The lowest BCUT2D eigenvalue weighted by Gasteiger charge is -2.32. The third-order valence-corrected chi connectivity index (χ3v) is 6.51. The van der Waals surface area contributed by atoms with E-state index in [0.29, 0.717) is 22.7 Å². The summed E-state index contributed by atoms with van der Waals surface area (Å²) < 4.78 is 39.4. The summed E-state index contributed by atoms with van der Waals surface area (Å²) in [5.74, 6) is -1.39. The van der Waals surface area contributed by atoms with Crippen molar-refractivity contribution in [2.45, 2.75) is 33.4 Å². The molecule has 0 saturated carbocycles. The maximum atomic E-state index is 13.3. The number of carbonyl (C=O) groups is 2. The molecule has 0 heterocycles. The fourth-order valence-electron chi connectivity index (χ4n) is 3.15. The van der Waals surface area contributed by atoms with Gasteiger partial charge in [0.25, 0.3) is 0 Å². The first-order valence-corrected chi connectivity index (χ1v) is 12.2. The minimum Gasteiger partial charge on any atom is -0.355 e. The van der Waals surface area contributed by atoms with Crippen LogP contribution in [0.1, 0.15) is 25.0 Å². The number of hydrogen-bond acceptors (Lipinski definition) is 4. The van der Waals surface area contributed by atoms with Crippen LogP contribution in [0.15, 0.2) is 42.5 Å². The molecule has 1 atom stereocenters. The Bertz CT molecular complexity index is 1080. The summed E-state index contributed by atoms with van der Waals surface area (Å²) in [4.78, 5) is 27.1. The molecule has 0 spiro atoms. The van der Waals surface area contributed by atoms with Crippen LogP contribution < -0.4 is 9.62 Å². The zero-order valence-electron chi connectivity index (χ0n) is 18.4. The topological polar surface area (TPSA) is 86.8 Å². The first kappa shape index (κ1) is 25.6. The molecule has 2 rings (SSSR count). The fraction of sp³-hybridized carbons (Fsp3) is 0.364. The van der Waals surface area contributed by atoms with Crippen LogP contribution in [0.25, 0.3) is 0 Å². The van der Waals surface area contributed by atoms with E-state index in [-0.39, 0.29) is 18.1 Å². The van der Waals surface area contributed by atoms with Crippen molar-refractivity contribution in [3.05, 3.63) is 64.4 Å². The summed E-state index contributed by atoms with van der Waals surface area (Å²) in [5, 5.41) is 3.03. The number of nitrogens with zero attached hydrogens (tertiary/aromatic N) is 2. The van der Waals surface area contributed by atoms with Crippen LogP contribution in [0.2, 0.25) is 5.02 Å². The highest BCUT2D eigenvalue weighted by molar-refractivity contribution is 7.92. The van der Waals surface area contributed by atoms with E-state index in [1.807, 2.05) is 0 Å². The van der Waals surface area contributed by atoms with Crippen LogP contribution in [0, 0.1) is 12.7 Å². The molecule has 0 aliphatic rings. The number of likely N-dealkylation sites (N-methyl/N-ethyl adjacent to an activating group) is 1. The molecule has 2 amide bonds. The Morgan fingerprint density at radius 3 is 2.34 bits per heavy atom. The summed E-state index contributed by atoms with van der Waals surface area (Å²) in [5.41, 5.74) is 1.38. The number of halogens is 2. The van der Waals surface area contributed by atoms with Crippen molar-refractivity contribution >= 4 is 39.1 Å². The van der Waals surface area contributed by atoms with Gasteiger partial charge in [-0.2, -0.15) is 0 Å². The molecule has 32 heavy (non-hydrogen) atoms. The Morgan fingerprint density at radius 2 is 1.78 bits per heavy atom. The third kappa shape index (κ3) is 6.43. The zero-order chi connectivity index (χ0) is 24.1. The molecule has 174 valence electrons. The summed E-state index contributed by atoms with van der Waals surface area (Å²) in [7, 11) is -3.84. The van der Waals surface area contributed by atoms with E-state index < -0.39 is 34.3 Å². The molecule has 0 bridgehead atoms. The van der Waals surface area contributed by atoms with Gasteiger partial charge < -0.3 is 10.2 Å². The number of amides is 2. The minimum atomic E-state index is -3.84. The first-order valence-electron chi connectivity index (χ1n) is 10.00. The molecular formula is C22H27ClFN3O4S. The van der Waals surface area contributed by atoms with Crippen molar-refractivity contribution in [3.8, 4) is 0 Å². The van der Waals surface area contributed by atoms with E-state index in [1.165, 1.54) is 29.2 Å². The number of benzene rings is 2. The van der Waals surface area contributed by atoms with E-state index in [1.54, 1.807) is 39.0 Å². The molecule has 0 aromatic heterocycles. The largest absolute Gasteiger partial charge is 0.355 e. The molecule has 0 unspecified atom stereocenters. The van der Waals surface area contributed by atoms with E-state index in [9.17, 15) is 22.4 Å². The molecular weight excluding hydrogens is 457 g/mol. The number of nitrogens with one attached hydrogen (secondary N) is 1. The van der Waals surface area contributed by atoms with Crippen LogP contribution >= 0.6 is 11.6 Å². The summed E-state index contributed by atoms with van der Waals surface area (Å²) in [6, 6.07) is 9.44. The summed E-state index contributed by atoms with van der Waals surface area (Å²) in [6.45, 7) is 4.83. The van der Waals surface area contributed by atoms with Crippen molar-refractivity contribution in [2.24, 2.45) is 0 Å². The van der Waals surface area contributed by atoms with E-state index in [0.717, 1.165) is 10.6 Å². The predicted molar refractivity (Wildman–Crippen MR) is 123 cm³/mol. The number of anilines is 1. The quantitative estimate of drug-likeness (QED) is 0.593. The minimum absolute atomic E-state index is 0.00352. The smallest absolute Gasteiger partial charge is 0.244 e. The van der Waals surface area contributed by atoms with Gasteiger partial charge in [-0.3, -0.25) is 13.9 Å². The van der Waals surface area contributed by atoms with E-state index in [4.69, 9.17) is 11.6 Å². The predicted octanol–water partition coefficient (Wildman–Crippen LogP) is 3.11. The van der Waals surface area contributed by atoms with Gasteiger partial charge in [0.15, 0.2) is 0 Å². The molecule has 0 aliphatic heterocycles. The normalized spacial score (nSPS) is 12.2. The van der Waals surface area contributed by atoms with Gasteiger partial charge in [0, 0.05) is 18.1 Å². The van der Waals surface area contributed by atoms with Crippen LogP contribution in [-0.2, 0) is 26.2 Å². The van der Waals surface area contributed by atoms with Gasteiger partial charge in [0.2, 0.25) is 21.8 Å². The van der Waals surface area contributed by atoms with Crippen molar-refractivity contribution in [1.29, 1.82) is 0 Å². The van der Waals surface area contributed by atoms with Gasteiger partial charge in [-0.25, -0.2) is 12.8 Å². The number of hydrogen-bond donors (Lipinski definition) is 1. The second-order valence-corrected chi connectivity index (χ2v) is 9.69. The zero-order valence-corrected chi connectivity index (χ0v) is 20.0. The molecule has 0 fully saturated rings. The molecule has 7 nitrogen and oxygen atoms in total. The van der Waals surface area contributed by atoms with Gasteiger partial charge in [0.1, 0.15) is 18.4 Å². The molecule has 1 N–H and O–H groups in total. The highest BCUT2D eigenvalue weighted by atomic mass is 35.5. The molecule has 0 saturated heterocycles. The van der Waals surface area contributed by atoms with Gasteiger partial charge >= 0.3 is 0 Å². The Morgan fingerprint density at radius 1 is 1.16 bits per heavy atom. The Hall–Kier alpha value is -2.65. The van der Waals surface area contributed by atoms with Crippen LogP contribution in [0.4, 0.5) is 10.1 Å². The standard InChI is InChI=1S/C22H27ClFN3O4S/c1-5-25-22(29)16(3)26(13-17-9-11-18(24)12-10-17)21(28)14-27(32(4,30)31)20-8-6-7-19(23)15(20)2/h6-12,16H,5,13-14H2,1-4H3,(H,25,29)/t16-/m0/s1. The second kappa shape index (κ2) is 10.8. The molecule has 0 aliphatic carbocycles. The van der Waals surface area contributed by atoms with Gasteiger partial charge in [-0.05, 0) is 56.2 Å². The van der Waals surface area contributed by atoms with Gasteiger partial charge in [-0.1, -0.05) is 29.8 Å². The molecule has 0 radical (unpaired) electrons. The van der Waals surface area contributed by atoms with E-state index in [2.05, 4.69) is 5.32 Å². The van der Waals surface area contributed by atoms with Crippen LogP contribution in [0.3, 0.4) is 0 Å². The van der Waals surface area contributed by atoms with Crippen molar-refractivity contribution in [2.75, 3.05) is 23.7 Å². The molecule has 10 heteroatoms. The number of carbonyl (C=O) groups excluding carboxylic acids is 2. The van der Waals surface area contributed by atoms with Gasteiger partial charge in [0.05, 0.1) is 11.9 Å². The van der Waals surface area contributed by atoms with Crippen molar-refractivity contribution < 1.29 is 22.4 Å². The van der Waals surface area contributed by atoms with E-state index >= 15 is 0 Å². The number of sulfonamides is 1. The second-order valence-electron chi connectivity index (χ2n) is 7.37. The van der Waals surface area contributed by atoms with Crippen molar-refractivity contribution in [3.63, 3.8) is 0 Å². The number of rotatable bonds is 9. The van der Waals surface area contributed by atoms with Crippen molar-refractivity contribution in [1.82, 2.24) is 10.2 Å². The van der Waals surface area contributed by atoms with Crippen LogP contribution in [-0.4, -0.2) is 50.5 Å². The summed E-state index contributed by atoms with van der Waals surface area (Å²) >= 11 is 6.15. The lowest BCUT2D eigenvalue weighted by Crippen LogP contribution is -2.51. The maximum Gasteiger partial charge on any atom is 0.244 e. The highest BCUT2D eigenvalue weighted by Crippen LogP contribution is 2.28. The fourth-order valence-corrected chi connectivity index (χ4v) is 4.22. The molecule has 2 aromatic carbocycles. The SMILES string of the molecule is CCNC(=O)[C@H](C)N(Cc1ccc(F)cc1)C(=O)CN(c1cccc(Cl)c1C)S(C)(=O)=O. The Kier molecular flexibility index (Phi) is 8.63. The lowest BCUT2D eigenvalue weighted by atomic mass is 10.1. The monoisotopic (exact) mass is 483 g/mol. The average molecular weight is 484 g/mol. The third-order valence-electron chi connectivity index (χ3n) is 4.97. The Balaban J connectivity index is 2.42. The Labute approximate surface area is 193 Å².